The zero-order valence-corrected chi connectivity index (χ0v) is 33.4. The fraction of sp³-hybridized carbons (Fsp3) is 0.213. The van der Waals surface area contributed by atoms with Gasteiger partial charge in [-0.25, -0.2) is 0 Å². The molecule has 8 aromatic rings. The molecule has 0 aliphatic carbocycles. The Kier molecular flexibility index (Phi) is 14.1. The minimum Gasteiger partial charge on any atom is -0.512 e. The number of benzene rings is 4. The molecule has 0 amide bonds. The third-order valence-electron chi connectivity index (χ3n) is 9.65. The fourth-order valence-electron chi connectivity index (χ4n) is 6.46. The van der Waals surface area contributed by atoms with Crippen molar-refractivity contribution in [1.29, 1.82) is 0 Å². The van der Waals surface area contributed by atoms with Crippen molar-refractivity contribution in [3.05, 3.63) is 146 Å². The van der Waals surface area contributed by atoms with Gasteiger partial charge in [0.2, 0.25) is 0 Å². The molecule has 0 spiro atoms. The van der Waals surface area contributed by atoms with Crippen molar-refractivity contribution in [2.24, 2.45) is 11.8 Å². The van der Waals surface area contributed by atoms with E-state index < -0.39 is 0 Å². The van der Waals surface area contributed by atoms with E-state index in [0.717, 1.165) is 80.9 Å². The van der Waals surface area contributed by atoms with Gasteiger partial charge in [0.1, 0.15) is 11.2 Å². The van der Waals surface area contributed by atoms with Crippen molar-refractivity contribution in [2.75, 3.05) is 0 Å². The fourth-order valence-corrected chi connectivity index (χ4v) is 6.46. The van der Waals surface area contributed by atoms with Crippen LogP contribution < -0.4 is 0 Å². The Bertz CT molecular complexity index is 2320. The average molecular weight is 893 g/mol. The van der Waals surface area contributed by atoms with E-state index in [0.29, 0.717) is 0 Å². The van der Waals surface area contributed by atoms with Gasteiger partial charge in [-0.05, 0) is 49.9 Å². The van der Waals surface area contributed by atoms with Crippen molar-refractivity contribution in [3.8, 4) is 22.5 Å². The molecule has 8 rings (SSSR count). The summed E-state index contributed by atoms with van der Waals surface area (Å²) in [5.74, 6) is 0.547. The number of ketones is 1. The van der Waals surface area contributed by atoms with Crippen LogP contribution in [-0.2, 0) is 24.9 Å². The monoisotopic (exact) mass is 893 g/mol. The number of hydrogen-bond acceptors (Lipinski definition) is 6. The number of aliphatic hydroxyl groups is 1. The summed E-state index contributed by atoms with van der Waals surface area (Å²) in [6, 6.07) is 39.2. The van der Waals surface area contributed by atoms with Gasteiger partial charge in [0.15, 0.2) is 5.78 Å². The van der Waals surface area contributed by atoms with Crippen molar-refractivity contribution in [1.82, 2.24) is 9.97 Å². The number of nitrogens with zero attached hydrogens (tertiary/aromatic N) is 2. The number of fused-ring (bicyclic) bond motifs is 4. The Morgan fingerprint density at radius 2 is 1.06 bits per heavy atom. The van der Waals surface area contributed by atoms with E-state index in [1.807, 2.05) is 88.4 Å². The molecule has 0 aliphatic heterocycles. The minimum absolute atomic E-state index is 0. The molecule has 4 aromatic carbocycles. The zero-order valence-electron chi connectivity index (χ0n) is 31.0. The first-order valence-corrected chi connectivity index (χ1v) is 18.4. The van der Waals surface area contributed by atoms with Crippen LogP contribution >= 0.6 is 0 Å². The molecule has 0 fully saturated rings. The second-order valence-corrected chi connectivity index (χ2v) is 12.9. The predicted octanol–water partition coefficient (Wildman–Crippen LogP) is 12.8. The van der Waals surface area contributed by atoms with E-state index in [9.17, 15) is 9.90 Å². The summed E-state index contributed by atoms with van der Waals surface area (Å²) >= 11 is 0. The molecule has 0 bridgehead atoms. The number of furan rings is 2. The number of carbonyl (C=O) groups excluding carboxylic acids is 1. The summed E-state index contributed by atoms with van der Waals surface area (Å²) < 4.78 is 11.1. The summed E-state index contributed by atoms with van der Waals surface area (Å²) in [6.07, 6.45) is 11.9. The summed E-state index contributed by atoms with van der Waals surface area (Å²) in [5, 5.41) is 16.4. The van der Waals surface area contributed by atoms with Crippen LogP contribution in [0.2, 0.25) is 0 Å². The summed E-state index contributed by atoms with van der Waals surface area (Å²) in [6.45, 7) is 8.07. The SMILES string of the molecule is CCC(CC)C(=O)/C=C(\O)C(CC)CC.[Ir].[c-]1c(-c2nccc3ccoc23)ccc2ccccc12.[c-]1c(-c2nccc3ccoc23)ccc2ccccc12. The number of aromatic nitrogens is 2. The van der Waals surface area contributed by atoms with Crippen molar-refractivity contribution in [3.63, 3.8) is 0 Å². The molecular weight excluding hydrogens is 849 g/mol. The van der Waals surface area contributed by atoms with Crippen molar-refractivity contribution >= 4 is 49.3 Å². The second-order valence-electron chi connectivity index (χ2n) is 12.9. The van der Waals surface area contributed by atoms with Gasteiger partial charge < -0.3 is 13.9 Å². The summed E-state index contributed by atoms with van der Waals surface area (Å²) in [5.41, 5.74) is 5.23. The number of pyridine rings is 2. The molecule has 0 saturated heterocycles. The molecule has 0 aliphatic rings. The third kappa shape index (κ3) is 9.22. The van der Waals surface area contributed by atoms with Gasteiger partial charge in [-0.3, -0.25) is 14.8 Å². The maximum atomic E-state index is 11.7. The molecule has 1 radical (unpaired) electrons. The molecule has 0 unspecified atom stereocenters. The second kappa shape index (κ2) is 19.1. The first-order valence-electron chi connectivity index (χ1n) is 18.4. The number of rotatable bonds is 9. The van der Waals surface area contributed by atoms with Crippen LogP contribution in [0.1, 0.15) is 53.4 Å². The molecule has 1 N–H and O–H groups in total. The smallest absolute Gasteiger partial charge is 0.162 e. The molecular formula is C47H44IrN2O4-2. The van der Waals surface area contributed by atoms with E-state index in [1.165, 1.54) is 16.8 Å². The molecule has 277 valence electrons. The normalized spacial score (nSPS) is 11.3. The minimum atomic E-state index is 0. The maximum absolute atomic E-state index is 11.7. The number of aliphatic hydroxyl groups excluding tert-OH is 1. The van der Waals surface area contributed by atoms with Crippen LogP contribution in [0.3, 0.4) is 0 Å². The van der Waals surface area contributed by atoms with E-state index >= 15 is 0 Å². The standard InChI is InChI=1S/2C17H10NO.C13H24O2.Ir/c2*1-2-4-14-11-15(6-5-12(14)3-1)16-17-13(7-9-18-16)8-10-19-17;1-5-10(6-2)12(14)9-13(15)11(7-3)8-4;/h2*1-10H;9-11,14H,5-8H2,1-4H3;/q2*-1;;/b;;12-9-;. The first-order chi connectivity index (χ1) is 25.9. The van der Waals surface area contributed by atoms with Gasteiger partial charge in [-0.2, -0.15) is 0 Å². The Hall–Kier alpha value is -5.36. The van der Waals surface area contributed by atoms with Gasteiger partial charge in [0, 0.05) is 72.6 Å². The van der Waals surface area contributed by atoms with Crippen LogP contribution in [-0.4, -0.2) is 20.9 Å². The summed E-state index contributed by atoms with van der Waals surface area (Å²) in [7, 11) is 0. The van der Waals surface area contributed by atoms with Gasteiger partial charge >= 0.3 is 0 Å². The zero-order chi connectivity index (χ0) is 37.2. The molecule has 4 aromatic heterocycles. The Morgan fingerprint density at radius 3 is 1.50 bits per heavy atom. The largest absolute Gasteiger partial charge is 0.512 e. The quantitative estimate of drug-likeness (QED) is 0.0882. The topological polar surface area (TPSA) is 89.4 Å². The van der Waals surface area contributed by atoms with Gasteiger partial charge in [-0.1, -0.05) is 86.0 Å². The number of carbonyl (C=O) groups is 1. The Morgan fingerprint density at radius 1 is 0.611 bits per heavy atom. The van der Waals surface area contributed by atoms with Crippen molar-refractivity contribution < 1.29 is 38.8 Å². The molecule has 0 saturated carbocycles. The van der Waals surface area contributed by atoms with Gasteiger partial charge in [0.05, 0.1) is 18.3 Å². The van der Waals surface area contributed by atoms with Gasteiger partial charge in [0.25, 0.3) is 0 Å². The Balaban J connectivity index is 0.000000156. The number of allylic oxidation sites excluding steroid dienone is 2. The van der Waals surface area contributed by atoms with E-state index in [-0.39, 0.29) is 43.5 Å². The predicted molar refractivity (Wildman–Crippen MR) is 215 cm³/mol. The van der Waals surface area contributed by atoms with Crippen LogP contribution in [0.25, 0.3) is 66.0 Å². The van der Waals surface area contributed by atoms with Crippen LogP contribution in [0.5, 0.6) is 0 Å². The van der Waals surface area contributed by atoms with Crippen LogP contribution in [0, 0.1) is 24.0 Å². The van der Waals surface area contributed by atoms with Crippen LogP contribution in [0.15, 0.2) is 143 Å². The molecule has 6 nitrogen and oxygen atoms in total. The van der Waals surface area contributed by atoms with E-state index in [4.69, 9.17) is 8.83 Å². The average Bonchev–Trinajstić information content (AvgIpc) is 3.89. The maximum Gasteiger partial charge on any atom is 0.162 e. The molecule has 7 heteroatoms. The molecule has 54 heavy (non-hydrogen) atoms. The third-order valence-corrected chi connectivity index (χ3v) is 9.65. The van der Waals surface area contributed by atoms with E-state index in [2.05, 4.69) is 58.5 Å². The first kappa shape index (κ1) is 39.8. The van der Waals surface area contributed by atoms with Crippen LogP contribution in [0.4, 0.5) is 0 Å². The Labute approximate surface area is 330 Å². The van der Waals surface area contributed by atoms with E-state index in [1.54, 1.807) is 24.9 Å². The number of hydrogen-bond donors (Lipinski definition) is 1. The summed E-state index contributed by atoms with van der Waals surface area (Å²) in [4.78, 5) is 20.6. The van der Waals surface area contributed by atoms with Crippen molar-refractivity contribution in [2.45, 2.75) is 53.4 Å². The molecule has 0 atom stereocenters. The molecule has 4 heterocycles. The van der Waals surface area contributed by atoms with Gasteiger partial charge in [-0.15, -0.1) is 59.3 Å².